The van der Waals surface area contributed by atoms with Crippen LogP contribution in [0, 0.1) is 5.82 Å². The lowest BCUT2D eigenvalue weighted by molar-refractivity contribution is 0.101. The summed E-state index contributed by atoms with van der Waals surface area (Å²) in [5.74, 6) is -0.337. The molecule has 5 nitrogen and oxygen atoms in total. The van der Waals surface area contributed by atoms with E-state index in [0.717, 1.165) is 0 Å². The zero-order chi connectivity index (χ0) is 15.7. The van der Waals surface area contributed by atoms with Gasteiger partial charge in [0, 0.05) is 5.56 Å². The maximum Gasteiger partial charge on any atom is 0.255 e. The number of hydrogen-bond donors (Lipinski definition) is 1. The minimum Gasteiger partial charge on any atom is -0.454 e. The number of carbonyl (C=O) groups is 2. The second-order valence-corrected chi connectivity index (χ2v) is 4.74. The molecule has 6 heteroatoms. The minimum absolute atomic E-state index is 0.0327. The van der Waals surface area contributed by atoms with E-state index in [-0.39, 0.29) is 23.7 Å². The lowest BCUT2D eigenvalue weighted by Crippen LogP contribution is -2.14. The van der Waals surface area contributed by atoms with Gasteiger partial charge in [-0.2, -0.15) is 0 Å². The Morgan fingerprint density at radius 2 is 1.82 bits per heavy atom. The van der Waals surface area contributed by atoms with Gasteiger partial charge in [0.05, 0.1) is 11.3 Å². The highest BCUT2D eigenvalue weighted by Gasteiger charge is 2.24. The fourth-order valence-electron chi connectivity index (χ4n) is 2.22. The van der Waals surface area contributed by atoms with E-state index < -0.39 is 11.7 Å². The molecular formula is C16H12FNO4. The van der Waals surface area contributed by atoms with E-state index in [4.69, 9.17) is 9.47 Å². The Labute approximate surface area is 125 Å². The van der Waals surface area contributed by atoms with Crippen molar-refractivity contribution in [3.8, 4) is 11.5 Å². The molecule has 1 aliphatic rings. The van der Waals surface area contributed by atoms with E-state index >= 15 is 0 Å². The van der Waals surface area contributed by atoms with E-state index in [1.807, 2.05) is 0 Å². The Morgan fingerprint density at radius 3 is 2.50 bits per heavy atom. The fraction of sp³-hybridized carbons (Fsp3) is 0.125. The number of hydrogen-bond acceptors (Lipinski definition) is 4. The van der Waals surface area contributed by atoms with Crippen molar-refractivity contribution >= 4 is 17.4 Å². The Hall–Kier alpha value is -2.89. The Kier molecular flexibility index (Phi) is 3.50. The first-order valence-electron chi connectivity index (χ1n) is 6.56. The predicted octanol–water partition coefficient (Wildman–Crippen LogP) is 3.01. The van der Waals surface area contributed by atoms with Gasteiger partial charge < -0.3 is 14.8 Å². The number of rotatable bonds is 3. The van der Waals surface area contributed by atoms with E-state index in [0.29, 0.717) is 17.2 Å². The molecule has 0 aromatic heterocycles. The topological polar surface area (TPSA) is 64.6 Å². The SMILES string of the molecule is CC(=O)c1c(NC(=O)c2ccc(F)cc2)ccc2c1OCO2. The van der Waals surface area contributed by atoms with Crippen LogP contribution in [-0.4, -0.2) is 18.5 Å². The quantitative estimate of drug-likeness (QED) is 0.885. The number of benzene rings is 2. The van der Waals surface area contributed by atoms with E-state index in [1.165, 1.54) is 31.2 Å². The van der Waals surface area contributed by atoms with Gasteiger partial charge in [0.2, 0.25) is 6.79 Å². The number of Topliss-reactive ketones (excluding diaryl/α,β-unsaturated/α-hetero) is 1. The first kappa shape index (κ1) is 14.1. The molecule has 0 fully saturated rings. The molecule has 22 heavy (non-hydrogen) atoms. The fourth-order valence-corrected chi connectivity index (χ4v) is 2.22. The number of carbonyl (C=O) groups excluding carboxylic acids is 2. The summed E-state index contributed by atoms with van der Waals surface area (Å²) in [7, 11) is 0. The van der Waals surface area contributed by atoms with Gasteiger partial charge in [-0.25, -0.2) is 4.39 Å². The zero-order valence-corrected chi connectivity index (χ0v) is 11.7. The summed E-state index contributed by atoms with van der Waals surface area (Å²) in [6.45, 7) is 1.41. The normalized spacial score (nSPS) is 12.1. The van der Waals surface area contributed by atoms with E-state index in [1.54, 1.807) is 12.1 Å². The molecule has 0 saturated heterocycles. The molecule has 0 saturated carbocycles. The summed E-state index contributed by atoms with van der Waals surface area (Å²) in [5, 5.41) is 2.64. The van der Waals surface area contributed by atoms with Gasteiger partial charge in [-0.05, 0) is 43.3 Å². The number of amides is 1. The number of ether oxygens (including phenoxy) is 2. The predicted molar refractivity (Wildman–Crippen MR) is 76.9 cm³/mol. The van der Waals surface area contributed by atoms with Gasteiger partial charge in [-0.3, -0.25) is 9.59 Å². The first-order chi connectivity index (χ1) is 10.6. The van der Waals surface area contributed by atoms with Crippen LogP contribution >= 0.6 is 0 Å². The average molecular weight is 301 g/mol. The van der Waals surface area contributed by atoms with Crippen LogP contribution in [0.4, 0.5) is 10.1 Å². The van der Waals surface area contributed by atoms with Crippen LogP contribution in [0.2, 0.25) is 0 Å². The Bertz CT molecular complexity index is 755. The van der Waals surface area contributed by atoms with Crippen LogP contribution in [0.5, 0.6) is 11.5 Å². The third-order valence-electron chi connectivity index (χ3n) is 3.25. The maximum absolute atomic E-state index is 12.9. The molecule has 0 bridgehead atoms. The molecule has 0 spiro atoms. The summed E-state index contributed by atoms with van der Waals surface area (Å²) < 4.78 is 23.4. The molecule has 0 aliphatic carbocycles. The molecule has 2 aromatic rings. The van der Waals surface area contributed by atoms with E-state index in [9.17, 15) is 14.0 Å². The third-order valence-corrected chi connectivity index (χ3v) is 3.25. The van der Waals surface area contributed by atoms with Crippen LogP contribution in [0.25, 0.3) is 0 Å². The van der Waals surface area contributed by atoms with Crippen molar-refractivity contribution in [2.75, 3.05) is 12.1 Å². The van der Waals surface area contributed by atoms with Crippen molar-refractivity contribution in [3.63, 3.8) is 0 Å². The summed E-state index contributed by atoms with van der Waals surface area (Å²) in [4.78, 5) is 24.0. The standard InChI is InChI=1S/C16H12FNO4/c1-9(19)14-12(6-7-13-15(14)22-8-21-13)18-16(20)10-2-4-11(17)5-3-10/h2-7H,8H2,1H3,(H,18,20). The van der Waals surface area contributed by atoms with Gasteiger partial charge in [-0.1, -0.05) is 0 Å². The lowest BCUT2D eigenvalue weighted by Gasteiger charge is -2.11. The number of anilines is 1. The molecule has 0 radical (unpaired) electrons. The van der Waals surface area contributed by atoms with Gasteiger partial charge in [0.15, 0.2) is 17.3 Å². The summed E-state index contributed by atoms with van der Waals surface area (Å²) in [6.07, 6.45) is 0. The smallest absolute Gasteiger partial charge is 0.255 e. The van der Waals surface area contributed by atoms with Crippen molar-refractivity contribution in [2.24, 2.45) is 0 Å². The molecule has 1 N–H and O–H groups in total. The van der Waals surface area contributed by atoms with E-state index in [2.05, 4.69) is 5.32 Å². The largest absolute Gasteiger partial charge is 0.454 e. The minimum atomic E-state index is -0.443. The molecule has 0 unspecified atom stereocenters. The van der Waals surface area contributed by atoms with Crippen LogP contribution in [0.3, 0.4) is 0 Å². The second-order valence-electron chi connectivity index (χ2n) is 4.74. The first-order valence-corrected chi connectivity index (χ1v) is 6.56. The highest BCUT2D eigenvalue weighted by atomic mass is 19.1. The monoisotopic (exact) mass is 301 g/mol. The van der Waals surface area contributed by atoms with Crippen LogP contribution in [0.15, 0.2) is 36.4 Å². The lowest BCUT2D eigenvalue weighted by atomic mass is 10.1. The number of ketones is 1. The molecule has 3 rings (SSSR count). The van der Waals surface area contributed by atoms with Crippen molar-refractivity contribution < 1.29 is 23.5 Å². The highest BCUT2D eigenvalue weighted by molar-refractivity contribution is 6.10. The molecule has 0 atom stereocenters. The number of nitrogens with one attached hydrogen (secondary N) is 1. The van der Waals surface area contributed by atoms with Gasteiger partial charge in [0.1, 0.15) is 5.82 Å². The van der Waals surface area contributed by atoms with Gasteiger partial charge in [-0.15, -0.1) is 0 Å². The Balaban J connectivity index is 1.94. The van der Waals surface area contributed by atoms with Gasteiger partial charge >= 0.3 is 0 Å². The molecule has 1 heterocycles. The van der Waals surface area contributed by atoms with Crippen molar-refractivity contribution in [1.29, 1.82) is 0 Å². The molecule has 112 valence electrons. The second kappa shape index (κ2) is 5.48. The molecule has 1 aliphatic heterocycles. The van der Waals surface area contributed by atoms with Crippen molar-refractivity contribution in [1.82, 2.24) is 0 Å². The highest BCUT2D eigenvalue weighted by Crippen LogP contribution is 2.40. The molecule has 2 aromatic carbocycles. The summed E-state index contributed by atoms with van der Waals surface area (Å²) in [6, 6.07) is 8.32. The third kappa shape index (κ3) is 2.50. The number of halogens is 1. The number of fused-ring (bicyclic) bond motifs is 1. The average Bonchev–Trinajstić information content (AvgIpc) is 2.95. The van der Waals surface area contributed by atoms with Gasteiger partial charge in [0.25, 0.3) is 5.91 Å². The molecule has 1 amide bonds. The van der Waals surface area contributed by atoms with Crippen LogP contribution in [-0.2, 0) is 0 Å². The van der Waals surface area contributed by atoms with Crippen molar-refractivity contribution in [3.05, 3.63) is 53.3 Å². The Morgan fingerprint density at radius 1 is 1.09 bits per heavy atom. The summed E-state index contributed by atoms with van der Waals surface area (Å²) >= 11 is 0. The molecular weight excluding hydrogens is 289 g/mol. The van der Waals surface area contributed by atoms with Crippen LogP contribution < -0.4 is 14.8 Å². The maximum atomic E-state index is 12.9. The van der Waals surface area contributed by atoms with Crippen molar-refractivity contribution in [2.45, 2.75) is 6.92 Å². The summed E-state index contributed by atoms with van der Waals surface area (Å²) in [5.41, 5.74) is 0.866. The zero-order valence-electron chi connectivity index (χ0n) is 11.7. The van der Waals surface area contributed by atoms with Crippen LogP contribution in [0.1, 0.15) is 27.6 Å².